The second kappa shape index (κ2) is 6.71. The Labute approximate surface area is 133 Å². The maximum atomic E-state index is 13.3. The standard InChI is InChI=1S/C18H20FNOS/c1-14-11-16(7-8-18(14)19)22(21)17-9-10-20(13-17)12-15-5-3-2-4-6-15/h2-8,11,17H,9-10,12-13H2,1H3. The van der Waals surface area contributed by atoms with Crippen molar-refractivity contribution in [2.75, 3.05) is 13.1 Å². The van der Waals surface area contributed by atoms with E-state index < -0.39 is 10.8 Å². The Hall–Kier alpha value is -1.52. The fourth-order valence-electron chi connectivity index (χ4n) is 2.89. The summed E-state index contributed by atoms with van der Waals surface area (Å²) in [5, 5.41) is 0.133. The summed E-state index contributed by atoms with van der Waals surface area (Å²) in [5.74, 6) is -0.238. The van der Waals surface area contributed by atoms with Crippen LogP contribution in [0.5, 0.6) is 0 Å². The molecule has 0 aliphatic carbocycles. The van der Waals surface area contributed by atoms with E-state index in [1.54, 1.807) is 19.1 Å². The predicted molar refractivity (Wildman–Crippen MR) is 87.7 cm³/mol. The molecule has 2 unspecified atom stereocenters. The van der Waals surface area contributed by atoms with E-state index in [-0.39, 0.29) is 11.1 Å². The minimum absolute atomic E-state index is 0.133. The van der Waals surface area contributed by atoms with Gasteiger partial charge in [-0.3, -0.25) is 9.11 Å². The number of nitrogens with zero attached hydrogens (tertiary/aromatic N) is 1. The van der Waals surface area contributed by atoms with E-state index in [0.717, 1.165) is 31.0 Å². The third kappa shape index (κ3) is 3.45. The molecule has 3 rings (SSSR count). The molecule has 116 valence electrons. The van der Waals surface area contributed by atoms with Crippen LogP contribution in [0.1, 0.15) is 17.5 Å². The molecule has 0 aromatic heterocycles. The summed E-state index contributed by atoms with van der Waals surface area (Å²) in [6.07, 6.45) is 0.926. The normalized spacial score (nSPS) is 20.2. The molecule has 0 radical (unpaired) electrons. The monoisotopic (exact) mass is 317 g/mol. The lowest BCUT2D eigenvalue weighted by atomic mass is 10.2. The quantitative estimate of drug-likeness (QED) is 0.860. The molecule has 0 amide bonds. The number of halogens is 1. The third-order valence-electron chi connectivity index (χ3n) is 4.14. The summed E-state index contributed by atoms with van der Waals surface area (Å²) in [4.78, 5) is 3.08. The van der Waals surface area contributed by atoms with Crippen molar-refractivity contribution < 1.29 is 8.60 Å². The Morgan fingerprint density at radius 1 is 1.23 bits per heavy atom. The minimum atomic E-state index is -1.06. The highest BCUT2D eigenvalue weighted by Crippen LogP contribution is 2.23. The van der Waals surface area contributed by atoms with Crippen LogP contribution in [0.25, 0.3) is 0 Å². The van der Waals surface area contributed by atoms with Gasteiger partial charge in [0, 0.05) is 18.0 Å². The summed E-state index contributed by atoms with van der Waals surface area (Å²) >= 11 is 0. The molecule has 22 heavy (non-hydrogen) atoms. The van der Waals surface area contributed by atoms with Gasteiger partial charge in [0.15, 0.2) is 0 Å². The second-order valence-electron chi connectivity index (χ2n) is 5.84. The summed E-state index contributed by atoms with van der Waals surface area (Å²) in [6, 6.07) is 15.1. The smallest absolute Gasteiger partial charge is 0.126 e. The average Bonchev–Trinajstić information content (AvgIpc) is 2.99. The van der Waals surface area contributed by atoms with Crippen molar-refractivity contribution in [3.8, 4) is 0 Å². The molecule has 1 fully saturated rings. The number of rotatable bonds is 4. The van der Waals surface area contributed by atoms with Crippen LogP contribution >= 0.6 is 0 Å². The van der Waals surface area contributed by atoms with Crippen molar-refractivity contribution in [2.24, 2.45) is 0 Å². The highest BCUT2D eigenvalue weighted by atomic mass is 32.2. The minimum Gasteiger partial charge on any atom is -0.298 e. The van der Waals surface area contributed by atoms with Crippen molar-refractivity contribution in [2.45, 2.75) is 30.0 Å². The first-order valence-electron chi connectivity index (χ1n) is 7.56. The van der Waals surface area contributed by atoms with Crippen LogP contribution in [0, 0.1) is 12.7 Å². The Balaban J connectivity index is 1.64. The number of hydrogen-bond acceptors (Lipinski definition) is 2. The van der Waals surface area contributed by atoms with Crippen LogP contribution in [0.4, 0.5) is 4.39 Å². The van der Waals surface area contributed by atoms with E-state index in [9.17, 15) is 8.60 Å². The Morgan fingerprint density at radius 3 is 2.73 bits per heavy atom. The maximum Gasteiger partial charge on any atom is 0.126 e. The Bertz CT molecular complexity index is 674. The lowest BCUT2D eigenvalue weighted by Crippen LogP contribution is -2.24. The van der Waals surface area contributed by atoms with Crippen molar-refractivity contribution in [1.29, 1.82) is 0 Å². The lowest BCUT2D eigenvalue weighted by molar-refractivity contribution is 0.332. The topological polar surface area (TPSA) is 20.3 Å². The zero-order valence-corrected chi connectivity index (χ0v) is 13.5. The zero-order valence-electron chi connectivity index (χ0n) is 12.7. The molecule has 4 heteroatoms. The molecule has 1 saturated heterocycles. The first-order valence-corrected chi connectivity index (χ1v) is 8.78. The van der Waals surface area contributed by atoms with E-state index in [2.05, 4.69) is 17.0 Å². The van der Waals surface area contributed by atoms with Gasteiger partial charge in [0.2, 0.25) is 0 Å². The van der Waals surface area contributed by atoms with Crippen molar-refractivity contribution in [3.05, 3.63) is 65.5 Å². The first-order chi connectivity index (χ1) is 10.6. The van der Waals surface area contributed by atoms with Crippen LogP contribution in [-0.4, -0.2) is 27.4 Å². The van der Waals surface area contributed by atoms with Crippen LogP contribution in [-0.2, 0) is 17.3 Å². The molecule has 2 aromatic carbocycles. The molecular formula is C18H20FNOS. The molecule has 0 N–H and O–H groups in total. The molecular weight excluding hydrogens is 297 g/mol. The molecule has 0 spiro atoms. The van der Waals surface area contributed by atoms with Gasteiger partial charge in [-0.1, -0.05) is 30.3 Å². The molecule has 0 saturated carbocycles. The van der Waals surface area contributed by atoms with Gasteiger partial charge in [0.1, 0.15) is 5.82 Å². The van der Waals surface area contributed by atoms with E-state index in [0.29, 0.717) is 5.56 Å². The number of benzene rings is 2. The molecule has 0 bridgehead atoms. The molecule has 1 aliphatic rings. The van der Waals surface area contributed by atoms with Gasteiger partial charge in [-0.15, -0.1) is 0 Å². The average molecular weight is 317 g/mol. The van der Waals surface area contributed by atoms with Gasteiger partial charge in [-0.2, -0.15) is 0 Å². The first kappa shape index (κ1) is 15.4. The summed E-state index contributed by atoms with van der Waals surface area (Å²) in [5.41, 5.74) is 1.84. The maximum absolute atomic E-state index is 13.3. The van der Waals surface area contributed by atoms with Crippen molar-refractivity contribution in [3.63, 3.8) is 0 Å². The van der Waals surface area contributed by atoms with Gasteiger partial charge in [-0.25, -0.2) is 4.39 Å². The summed E-state index contributed by atoms with van der Waals surface area (Å²) in [6.45, 7) is 4.41. The van der Waals surface area contributed by atoms with Crippen LogP contribution in [0.15, 0.2) is 53.4 Å². The third-order valence-corrected chi connectivity index (χ3v) is 5.85. The Kier molecular flexibility index (Phi) is 4.69. The molecule has 1 heterocycles. The van der Waals surface area contributed by atoms with Crippen LogP contribution in [0.2, 0.25) is 0 Å². The van der Waals surface area contributed by atoms with Crippen molar-refractivity contribution >= 4 is 10.8 Å². The van der Waals surface area contributed by atoms with Gasteiger partial charge in [0.25, 0.3) is 0 Å². The number of likely N-dealkylation sites (tertiary alicyclic amines) is 1. The largest absolute Gasteiger partial charge is 0.298 e. The van der Waals surface area contributed by atoms with Gasteiger partial charge in [-0.05, 0) is 49.2 Å². The number of hydrogen-bond donors (Lipinski definition) is 0. The highest BCUT2D eigenvalue weighted by Gasteiger charge is 2.28. The van der Waals surface area contributed by atoms with Crippen molar-refractivity contribution in [1.82, 2.24) is 4.90 Å². The SMILES string of the molecule is Cc1cc(S(=O)C2CCN(Cc3ccccc3)C2)ccc1F. The van der Waals surface area contributed by atoms with E-state index >= 15 is 0 Å². The molecule has 2 atom stereocenters. The van der Waals surface area contributed by atoms with Gasteiger partial charge in [0.05, 0.1) is 16.0 Å². The lowest BCUT2D eigenvalue weighted by Gasteiger charge is -2.16. The summed E-state index contributed by atoms with van der Waals surface area (Å²) < 4.78 is 26.0. The zero-order chi connectivity index (χ0) is 15.5. The number of aryl methyl sites for hydroxylation is 1. The molecule has 2 aromatic rings. The second-order valence-corrected chi connectivity index (χ2v) is 7.57. The van der Waals surface area contributed by atoms with Crippen LogP contribution in [0.3, 0.4) is 0 Å². The molecule has 1 aliphatic heterocycles. The fraction of sp³-hybridized carbons (Fsp3) is 0.333. The molecule has 2 nitrogen and oxygen atoms in total. The van der Waals surface area contributed by atoms with E-state index in [1.807, 2.05) is 18.2 Å². The Morgan fingerprint density at radius 2 is 2.00 bits per heavy atom. The van der Waals surface area contributed by atoms with E-state index in [4.69, 9.17) is 0 Å². The fourth-order valence-corrected chi connectivity index (χ4v) is 4.44. The summed E-state index contributed by atoms with van der Waals surface area (Å²) in [7, 11) is -1.06. The highest BCUT2D eigenvalue weighted by molar-refractivity contribution is 7.85. The van der Waals surface area contributed by atoms with Gasteiger partial charge < -0.3 is 0 Å². The van der Waals surface area contributed by atoms with Gasteiger partial charge >= 0.3 is 0 Å². The predicted octanol–water partition coefficient (Wildman–Crippen LogP) is 3.52. The van der Waals surface area contributed by atoms with E-state index in [1.165, 1.54) is 11.6 Å². The van der Waals surface area contributed by atoms with Crippen LogP contribution < -0.4 is 0 Å².